The summed E-state index contributed by atoms with van der Waals surface area (Å²) in [5.74, 6) is -0.226. The van der Waals surface area contributed by atoms with Crippen LogP contribution in [-0.4, -0.2) is 26.1 Å². The van der Waals surface area contributed by atoms with Gasteiger partial charge in [-0.3, -0.25) is 4.79 Å². The average molecular weight is 310 g/mol. The second-order valence-electron chi connectivity index (χ2n) is 5.92. The molecule has 1 aliphatic carbocycles. The van der Waals surface area contributed by atoms with Crippen LogP contribution in [0.4, 0.5) is 5.69 Å². The normalized spacial score (nSPS) is 18.2. The van der Waals surface area contributed by atoms with E-state index in [1.54, 1.807) is 12.1 Å². The fraction of sp³-hybridized carbons (Fsp3) is 0.533. The van der Waals surface area contributed by atoms with Crippen LogP contribution in [0.5, 0.6) is 0 Å². The van der Waals surface area contributed by atoms with Gasteiger partial charge in [-0.15, -0.1) is 0 Å². The predicted octanol–water partition coefficient (Wildman–Crippen LogP) is 2.00. The zero-order chi connectivity index (χ0) is 15.7. The van der Waals surface area contributed by atoms with E-state index in [-0.39, 0.29) is 10.8 Å². The van der Waals surface area contributed by atoms with Crippen molar-refractivity contribution in [2.45, 2.75) is 49.5 Å². The molecule has 0 aromatic heterocycles. The number of carbonyl (C=O) groups is 1. The summed E-state index contributed by atoms with van der Waals surface area (Å²) in [6, 6.07) is 4.73. The maximum absolute atomic E-state index is 12.4. The first-order valence-corrected chi connectivity index (χ1v) is 9.03. The quantitative estimate of drug-likeness (QED) is 0.893. The number of rotatable bonds is 3. The Morgan fingerprint density at radius 1 is 1.24 bits per heavy atom. The number of nitrogens with two attached hydrogens (primary N) is 1. The maximum atomic E-state index is 12.4. The van der Waals surface area contributed by atoms with Crippen molar-refractivity contribution in [3.05, 3.63) is 23.8 Å². The minimum atomic E-state index is -3.30. The first-order valence-electron chi connectivity index (χ1n) is 7.13. The van der Waals surface area contributed by atoms with Crippen molar-refractivity contribution in [2.75, 3.05) is 11.6 Å². The van der Waals surface area contributed by atoms with Crippen molar-refractivity contribution in [1.29, 1.82) is 0 Å². The first-order chi connectivity index (χ1) is 9.72. The van der Waals surface area contributed by atoms with Crippen LogP contribution < -0.4 is 11.1 Å². The van der Waals surface area contributed by atoms with Gasteiger partial charge >= 0.3 is 0 Å². The molecule has 1 saturated carbocycles. The predicted molar refractivity (Wildman–Crippen MR) is 82.9 cm³/mol. The monoisotopic (exact) mass is 310 g/mol. The number of anilines is 1. The molecule has 21 heavy (non-hydrogen) atoms. The molecule has 0 bridgehead atoms. The van der Waals surface area contributed by atoms with Gasteiger partial charge in [0.15, 0.2) is 9.84 Å². The molecule has 0 saturated heterocycles. The summed E-state index contributed by atoms with van der Waals surface area (Å²) in [5, 5.41) is 2.80. The van der Waals surface area contributed by atoms with E-state index in [1.165, 1.54) is 6.07 Å². The summed E-state index contributed by atoms with van der Waals surface area (Å²) in [7, 11) is -3.30. The van der Waals surface area contributed by atoms with E-state index in [2.05, 4.69) is 5.32 Å². The summed E-state index contributed by atoms with van der Waals surface area (Å²) in [4.78, 5) is 12.6. The molecular weight excluding hydrogens is 288 g/mol. The van der Waals surface area contributed by atoms with Crippen molar-refractivity contribution in [3.8, 4) is 0 Å². The van der Waals surface area contributed by atoms with Crippen LogP contribution in [0.15, 0.2) is 23.1 Å². The Morgan fingerprint density at radius 2 is 1.86 bits per heavy atom. The summed E-state index contributed by atoms with van der Waals surface area (Å²) in [6.45, 7) is 1.83. The smallest absolute Gasteiger partial charge is 0.244 e. The van der Waals surface area contributed by atoms with Crippen molar-refractivity contribution < 1.29 is 13.2 Å². The first kappa shape index (κ1) is 16.0. The number of amides is 1. The number of nitrogens with one attached hydrogen (secondary N) is 1. The topological polar surface area (TPSA) is 89.3 Å². The van der Waals surface area contributed by atoms with E-state index in [9.17, 15) is 13.2 Å². The average Bonchev–Trinajstić information content (AvgIpc) is 2.40. The highest BCUT2D eigenvalue weighted by Crippen LogP contribution is 2.28. The van der Waals surface area contributed by atoms with Gasteiger partial charge in [0, 0.05) is 11.9 Å². The maximum Gasteiger partial charge on any atom is 0.244 e. The molecule has 1 aliphatic rings. The van der Waals surface area contributed by atoms with E-state index in [4.69, 9.17) is 5.73 Å². The van der Waals surface area contributed by atoms with E-state index in [0.717, 1.165) is 31.1 Å². The minimum absolute atomic E-state index is 0.193. The van der Waals surface area contributed by atoms with Gasteiger partial charge in [0.25, 0.3) is 0 Å². The molecule has 2 rings (SSSR count). The molecular formula is C15H22N2O3S. The summed E-state index contributed by atoms with van der Waals surface area (Å²) < 4.78 is 23.2. The van der Waals surface area contributed by atoms with Gasteiger partial charge < -0.3 is 11.1 Å². The number of sulfone groups is 1. The molecule has 0 radical (unpaired) electrons. The number of aryl methyl sites for hydroxylation is 1. The van der Waals surface area contributed by atoms with Gasteiger partial charge in [-0.05, 0) is 37.5 Å². The molecule has 6 heteroatoms. The highest BCUT2D eigenvalue weighted by molar-refractivity contribution is 7.90. The largest absolute Gasteiger partial charge is 0.324 e. The van der Waals surface area contributed by atoms with Gasteiger partial charge in [0.05, 0.1) is 10.4 Å². The molecule has 0 unspecified atom stereocenters. The second kappa shape index (κ2) is 5.77. The van der Waals surface area contributed by atoms with Crippen molar-refractivity contribution in [3.63, 3.8) is 0 Å². The van der Waals surface area contributed by atoms with Crippen LogP contribution in [0.1, 0.15) is 37.7 Å². The van der Waals surface area contributed by atoms with Crippen LogP contribution in [0, 0.1) is 6.92 Å². The van der Waals surface area contributed by atoms with Gasteiger partial charge in [0.2, 0.25) is 5.91 Å². The second-order valence-corrected chi connectivity index (χ2v) is 7.94. The Bertz CT molecular complexity index is 647. The molecule has 1 amide bonds. The number of carbonyl (C=O) groups excluding carboxylic acids is 1. The van der Waals surface area contributed by atoms with Gasteiger partial charge in [-0.25, -0.2) is 8.42 Å². The van der Waals surface area contributed by atoms with Crippen molar-refractivity contribution >= 4 is 21.4 Å². The molecule has 116 valence electrons. The lowest BCUT2D eigenvalue weighted by Crippen LogP contribution is -2.52. The molecule has 0 heterocycles. The summed E-state index contributed by atoms with van der Waals surface area (Å²) in [5.41, 5.74) is 6.68. The lowest BCUT2D eigenvalue weighted by molar-refractivity contribution is -0.122. The van der Waals surface area contributed by atoms with Crippen LogP contribution >= 0.6 is 0 Å². The summed E-state index contributed by atoms with van der Waals surface area (Å²) in [6.07, 6.45) is 5.50. The number of hydrogen-bond acceptors (Lipinski definition) is 4. The fourth-order valence-corrected chi connectivity index (χ4v) is 3.27. The van der Waals surface area contributed by atoms with Crippen LogP contribution in [0.25, 0.3) is 0 Å². The zero-order valence-electron chi connectivity index (χ0n) is 12.5. The minimum Gasteiger partial charge on any atom is -0.324 e. The third kappa shape index (κ3) is 3.63. The highest BCUT2D eigenvalue weighted by Gasteiger charge is 2.35. The third-order valence-electron chi connectivity index (χ3n) is 4.08. The molecule has 0 aliphatic heterocycles. The Labute approximate surface area is 125 Å². The molecule has 1 aromatic carbocycles. The Kier molecular flexibility index (Phi) is 4.39. The van der Waals surface area contributed by atoms with Crippen molar-refractivity contribution in [2.24, 2.45) is 5.73 Å². The van der Waals surface area contributed by atoms with Crippen LogP contribution in [0.2, 0.25) is 0 Å². The lowest BCUT2D eigenvalue weighted by atomic mass is 9.82. The molecule has 3 N–H and O–H groups in total. The Hall–Kier alpha value is -1.40. The molecule has 1 aromatic rings. The zero-order valence-corrected chi connectivity index (χ0v) is 13.3. The SMILES string of the molecule is Cc1ccc(S(C)(=O)=O)cc1NC(=O)C1(N)CCCCC1. The molecule has 0 spiro atoms. The fourth-order valence-electron chi connectivity index (χ4n) is 2.62. The molecule has 1 fully saturated rings. The highest BCUT2D eigenvalue weighted by atomic mass is 32.2. The number of benzene rings is 1. The van der Waals surface area contributed by atoms with Gasteiger partial charge in [-0.1, -0.05) is 25.3 Å². The number of hydrogen-bond donors (Lipinski definition) is 2. The van der Waals surface area contributed by atoms with Crippen LogP contribution in [0.3, 0.4) is 0 Å². The Balaban J connectivity index is 2.24. The van der Waals surface area contributed by atoms with Gasteiger partial charge in [0.1, 0.15) is 0 Å². The van der Waals surface area contributed by atoms with E-state index in [1.807, 2.05) is 6.92 Å². The van der Waals surface area contributed by atoms with E-state index in [0.29, 0.717) is 18.5 Å². The van der Waals surface area contributed by atoms with E-state index < -0.39 is 15.4 Å². The van der Waals surface area contributed by atoms with Crippen molar-refractivity contribution in [1.82, 2.24) is 0 Å². The van der Waals surface area contributed by atoms with Gasteiger partial charge in [-0.2, -0.15) is 0 Å². The lowest BCUT2D eigenvalue weighted by Gasteiger charge is -2.32. The van der Waals surface area contributed by atoms with Crippen LogP contribution in [-0.2, 0) is 14.6 Å². The third-order valence-corrected chi connectivity index (χ3v) is 5.19. The molecule has 0 atom stereocenters. The summed E-state index contributed by atoms with van der Waals surface area (Å²) >= 11 is 0. The Morgan fingerprint density at radius 3 is 2.43 bits per heavy atom. The van der Waals surface area contributed by atoms with E-state index >= 15 is 0 Å². The molecule has 5 nitrogen and oxygen atoms in total. The standard InChI is InChI=1S/C15H22N2O3S/c1-11-6-7-12(21(2,19)20)10-13(11)17-14(18)15(16)8-4-3-5-9-15/h6-7,10H,3-5,8-9,16H2,1-2H3,(H,17,18).